The van der Waals surface area contributed by atoms with Crippen LogP contribution in [0.3, 0.4) is 0 Å². The van der Waals surface area contributed by atoms with Gasteiger partial charge in [0, 0.05) is 12.6 Å². The molecule has 0 bridgehead atoms. The van der Waals surface area contributed by atoms with E-state index in [1.807, 2.05) is 0 Å². The van der Waals surface area contributed by atoms with Crippen LogP contribution in [0, 0.1) is 5.82 Å². The number of halogens is 1. The molecule has 0 aliphatic carbocycles. The van der Waals surface area contributed by atoms with Gasteiger partial charge in [-0.1, -0.05) is 12.5 Å². The smallest absolute Gasteiger partial charge is 0.324 e. The molecular formula is C18H26FN3O5S. The Bertz CT molecular complexity index is 815. The summed E-state index contributed by atoms with van der Waals surface area (Å²) in [6, 6.07) is 3.34. The molecule has 2 rings (SSSR count). The maximum Gasteiger partial charge on any atom is 0.324 e. The fraction of sp³-hybridized carbons (Fsp3) is 0.556. The highest BCUT2D eigenvalue weighted by atomic mass is 32.2. The molecule has 0 aromatic heterocycles. The van der Waals surface area contributed by atoms with Crippen molar-refractivity contribution in [3.63, 3.8) is 0 Å². The molecule has 0 radical (unpaired) electrons. The van der Waals surface area contributed by atoms with E-state index in [0.29, 0.717) is 38.0 Å². The number of hydrogen-bond donors (Lipinski definition) is 2. The van der Waals surface area contributed by atoms with Crippen molar-refractivity contribution in [3.8, 4) is 5.75 Å². The average Bonchev–Trinajstić information content (AvgIpc) is 2.93. The monoisotopic (exact) mass is 415 g/mol. The molecule has 1 unspecified atom stereocenters. The van der Waals surface area contributed by atoms with Crippen molar-refractivity contribution in [2.24, 2.45) is 0 Å². The lowest BCUT2D eigenvalue weighted by atomic mass is 10.1. The van der Waals surface area contributed by atoms with Crippen molar-refractivity contribution >= 4 is 22.0 Å². The second-order valence-corrected chi connectivity index (χ2v) is 8.49. The average molecular weight is 415 g/mol. The number of carbonyl (C=O) groups is 2. The van der Waals surface area contributed by atoms with Crippen LogP contribution >= 0.6 is 0 Å². The number of rotatable bonds is 11. The SMILES string of the molecule is CCOc1cc(C(C)NS(=O)(=O)CCCCCN2CC(=O)NC2=O)ccc1F. The Morgan fingerprint density at radius 2 is 2.04 bits per heavy atom. The normalized spacial score (nSPS) is 15.6. The number of nitrogens with one attached hydrogen (secondary N) is 2. The maximum atomic E-state index is 13.6. The Balaban J connectivity index is 1.77. The van der Waals surface area contributed by atoms with Gasteiger partial charge in [-0.05, 0) is 44.4 Å². The summed E-state index contributed by atoms with van der Waals surface area (Å²) in [5.41, 5.74) is 0.609. The van der Waals surface area contributed by atoms with E-state index >= 15 is 0 Å². The van der Waals surface area contributed by atoms with E-state index in [1.165, 1.54) is 23.1 Å². The molecule has 0 saturated carbocycles. The Morgan fingerprint density at radius 1 is 1.29 bits per heavy atom. The zero-order valence-corrected chi connectivity index (χ0v) is 16.9. The molecule has 1 aromatic carbocycles. The summed E-state index contributed by atoms with van der Waals surface area (Å²) in [6.07, 6.45) is 1.65. The van der Waals surface area contributed by atoms with Gasteiger partial charge in [0.05, 0.1) is 12.4 Å². The Morgan fingerprint density at radius 3 is 2.68 bits per heavy atom. The summed E-state index contributed by atoms with van der Waals surface area (Å²) in [7, 11) is -3.51. The van der Waals surface area contributed by atoms with Crippen LogP contribution in [0.2, 0.25) is 0 Å². The quantitative estimate of drug-likeness (QED) is 0.424. The number of imide groups is 1. The number of ether oxygens (including phenoxy) is 1. The number of urea groups is 1. The van der Waals surface area contributed by atoms with Crippen LogP contribution in [-0.2, 0) is 14.8 Å². The molecule has 1 fully saturated rings. The van der Waals surface area contributed by atoms with Crippen molar-refractivity contribution in [3.05, 3.63) is 29.6 Å². The molecule has 2 N–H and O–H groups in total. The van der Waals surface area contributed by atoms with Crippen molar-refractivity contribution in [1.82, 2.24) is 14.9 Å². The zero-order chi connectivity index (χ0) is 20.7. The van der Waals surface area contributed by atoms with Crippen molar-refractivity contribution in [2.45, 2.75) is 39.2 Å². The van der Waals surface area contributed by atoms with E-state index in [4.69, 9.17) is 4.74 Å². The van der Waals surface area contributed by atoms with E-state index in [2.05, 4.69) is 10.0 Å². The summed E-state index contributed by atoms with van der Waals surface area (Å²) in [5, 5.41) is 2.19. The molecule has 1 heterocycles. The van der Waals surface area contributed by atoms with Crippen LogP contribution in [0.1, 0.15) is 44.7 Å². The largest absolute Gasteiger partial charge is 0.491 e. The predicted octanol–water partition coefficient (Wildman–Crippen LogP) is 1.93. The van der Waals surface area contributed by atoms with Crippen LogP contribution in [0.4, 0.5) is 9.18 Å². The number of benzene rings is 1. The molecule has 1 saturated heterocycles. The summed E-state index contributed by atoms with van der Waals surface area (Å²) in [5.74, 6) is -0.773. The Kier molecular flexibility index (Phi) is 7.76. The number of carbonyl (C=O) groups excluding carboxylic acids is 2. The van der Waals surface area contributed by atoms with Gasteiger partial charge < -0.3 is 9.64 Å². The minimum atomic E-state index is -3.51. The molecule has 1 aliphatic rings. The van der Waals surface area contributed by atoms with Crippen molar-refractivity contribution < 1.29 is 27.1 Å². The summed E-state index contributed by atoms with van der Waals surface area (Å²) in [6.45, 7) is 4.21. The first-order valence-electron chi connectivity index (χ1n) is 9.23. The van der Waals surface area contributed by atoms with Gasteiger partial charge in [-0.15, -0.1) is 0 Å². The van der Waals surface area contributed by atoms with Crippen LogP contribution in [-0.4, -0.2) is 50.7 Å². The van der Waals surface area contributed by atoms with Gasteiger partial charge in [-0.2, -0.15) is 0 Å². The third kappa shape index (κ3) is 6.45. The van der Waals surface area contributed by atoms with Gasteiger partial charge in [0.1, 0.15) is 6.54 Å². The Labute approximate surface area is 164 Å². The second kappa shape index (κ2) is 9.83. The first-order chi connectivity index (χ1) is 13.2. The Hall–Kier alpha value is -2.20. The molecule has 28 heavy (non-hydrogen) atoms. The molecule has 8 nitrogen and oxygen atoms in total. The zero-order valence-electron chi connectivity index (χ0n) is 16.0. The highest BCUT2D eigenvalue weighted by Gasteiger charge is 2.25. The third-order valence-corrected chi connectivity index (χ3v) is 5.86. The standard InChI is InChI=1S/C18H26FN3O5S/c1-3-27-16-11-14(7-8-15(16)19)13(2)21-28(25,26)10-6-4-5-9-22-12-17(23)20-18(22)24/h7-8,11,13,21H,3-6,9-10,12H2,1-2H3,(H,20,23,24). The molecule has 1 atom stereocenters. The maximum absolute atomic E-state index is 13.6. The first kappa shape index (κ1) is 22.1. The van der Waals surface area contributed by atoms with Crippen molar-refractivity contribution in [2.75, 3.05) is 25.4 Å². The topological polar surface area (TPSA) is 105 Å². The van der Waals surface area contributed by atoms with Gasteiger partial charge in [-0.3, -0.25) is 10.1 Å². The second-order valence-electron chi connectivity index (χ2n) is 6.62. The van der Waals surface area contributed by atoms with E-state index in [9.17, 15) is 22.4 Å². The van der Waals surface area contributed by atoms with Crippen LogP contribution in [0.5, 0.6) is 5.75 Å². The van der Waals surface area contributed by atoms with E-state index in [-0.39, 0.29) is 24.0 Å². The van der Waals surface area contributed by atoms with Crippen LogP contribution in [0.25, 0.3) is 0 Å². The number of nitrogens with zero attached hydrogens (tertiary/aromatic N) is 1. The minimum Gasteiger partial charge on any atom is -0.491 e. The van der Waals surface area contributed by atoms with Crippen LogP contribution < -0.4 is 14.8 Å². The molecule has 10 heteroatoms. The molecule has 156 valence electrons. The van der Waals surface area contributed by atoms with E-state index < -0.39 is 27.9 Å². The van der Waals surface area contributed by atoms with E-state index in [0.717, 1.165) is 0 Å². The summed E-state index contributed by atoms with van der Waals surface area (Å²) in [4.78, 5) is 23.9. The van der Waals surface area contributed by atoms with Crippen LogP contribution in [0.15, 0.2) is 18.2 Å². The molecule has 1 aromatic rings. The lowest BCUT2D eigenvalue weighted by Crippen LogP contribution is -2.30. The lowest BCUT2D eigenvalue weighted by Gasteiger charge is -2.16. The summed E-state index contributed by atoms with van der Waals surface area (Å²) >= 11 is 0. The molecule has 0 spiro atoms. The van der Waals surface area contributed by atoms with E-state index in [1.54, 1.807) is 13.8 Å². The summed E-state index contributed by atoms with van der Waals surface area (Å²) < 4.78 is 46.0. The highest BCUT2D eigenvalue weighted by Crippen LogP contribution is 2.23. The van der Waals surface area contributed by atoms with Crippen molar-refractivity contribution in [1.29, 1.82) is 0 Å². The fourth-order valence-corrected chi connectivity index (χ4v) is 4.26. The number of hydrogen-bond acceptors (Lipinski definition) is 5. The fourth-order valence-electron chi connectivity index (χ4n) is 2.89. The van der Waals surface area contributed by atoms with Gasteiger partial charge in [0.25, 0.3) is 0 Å². The molecular weight excluding hydrogens is 389 g/mol. The van der Waals surface area contributed by atoms with Gasteiger partial charge in [-0.25, -0.2) is 22.3 Å². The number of amides is 3. The molecule has 3 amide bonds. The number of sulfonamides is 1. The lowest BCUT2D eigenvalue weighted by molar-refractivity contribution is -0.118. The van der Waals surface area contributed by atoms with Gasteiger partial charge >= 0.3 is 6.03 Å². The minimum absolute atomic E-state index is 0.0532. The van der Waals surface area contributed by atoms with Gasteiger partial charge in [0.2, 0.25) is 15.9 Å². The highest BCUT2D eigenvalue weighted by molar-refractivity contribution is 7.89. The van der Waals surface area contributed by atoms with Gasteiger partial charge in [0.15, 0.2) is 11.6 Å². The molecule has 1 aliphatic heterocycles. The number of unbranched alkanes of at least 4 members (excludes halogenated alkanes) is 2. The third-order valence-electron chi connectivity index (χ3n) is 4.32. The first-order valence-corrected chi connectivity index (χ1v) is 10.9. The predicted molar refractivity (Wildman–Crippen MR) is 102 cm³/mol.